The molecule has 6 rings (SSSR count). The lowest BCUT2D eigenvalue weighted by Crippen LogP contribution is -2.45. The molecule has 1 saturated carbocycles. The van der Waals surface area contributed by atoms with Crippen LogP contribution in [-0.2, 0) is 11.3 Å². The summed E-state index contributed by atoms with van der Waals surface area (Å²) in [4.78, 5) is 11.7. The van der Waals surface area contributed by atoms with Crippen molar-refractivity contribution in [3.05, 3.63) is 48.1 Å². The molecule has 2 fully saturated rings. The highest BCUT2D eigenvalue weighted by Crippen LogP contribution is 2.35. The maximum atomic E-state index is 10.3. The number of nitrogens with one attached hydrogen (secondary N) is 1. The lowest BCUT2D eigenvalue weighted by Gasteiger charge is -2.38. The van der Waals surface area contributed by atoms with Gasteiger partial charge in [0.1, 0.15) is 30.5 Å². The molecule has 4 heterocycles. The van der Waals surface area contributed by atoms with Gasteiger partial charge in [0.05, 0.1) is 42.6 Å². The second-order valence-corrected chi connectivity index (χ2v) is 13.0. The number of tetrazole rings is 1. The van der Waals surface area contributed by atoms with Crippen LogP contribution >= 0.6 is 11.6 Å². The SMILES string of the molecule is C[C@@H](Cn1cnnn1)Oc1cc(-c2cnc(Nc3cn([C@H]4CC[C@H](N5CCOCC5)CC4)nc3OCC(C)(C)O)nc2)ccc1Cl. The van der Waals surface area contributed by atoms with Crippen LogP contribution in [0.25, 0.3) is 11.1 Å². The number of morpholine rings is 1. The molecule has 0 bridgehead atoms. The van der Waals surface area contributed by atoms with E-state index in [0.717, 1.165) is 63.1 Å². The summed E-state index contributed by atoms with van der Waals surface area (Å²) in [7, 11) is 0. The summed E-state index contributed by atoms with van der Waals surface area (Å²) >= 11 is 6.44. The van der Waals surface area contributed by atoms with Gasteiger partial charge in [0.25, 0.3) is 5.88 Å². The Morgan fingerprint density at radius 1 is 1.09 bits per heavy atom. The first-order valence-corrected chi connectivity index (χ1v) is 16.1. The van der Waals surface area contributed by atoms with Crippen molar-refractivity contribution in [1.82, 2.24) is 44.9 Å². The number of anilines is 2. The zero-order valence-electron chi connectivity index (χ0n) is 26.4. The average molecular weight is 653 g/mol. The van der Waals surface area contributed by atoms with Crippen LogP contribution in [0.3, 0.4) is 0 Å². The molecule has 1 aromatic carbocycles. The predicted molar refractivity (Wildman–Crippen MR) is 171 cm³/mol. The molecule has 14 nitrogen and oxygen atoms in total. The largest absolute Gasteiger partial charge is 0.487 e. The van der Waals surface area contributed by atoms with Gasteiger partial charge in [-0.3, -0.25) is 9.58 Å². The van der Waals surface area contributed by atoms with Gasteiger partial charge in [0, 0.05) is 37.1 Å². The van der Waals surface area contributed by atoms with Crippen LogP contribution in [0.5, 0.6) is 11.6 Å². The second kappa shape index (κ2) is 14.3. The van der Waals surface area contributed by atoms with E-state index < -0.39 is 5.60 Å². The molecule has 1 atom stereocenters. The molecule has 0 amide bonds. The molecule has 2 aliphatic rings. The Bertz CT molecular complexity index is 1550. The Kier molecular flexibility index (Phi) is 9.97. The van der Waals surface area contributed by atoms with Gasteiger partial charge >= 0.3 is 0 Å². The van der Waals surface area contributed by atoms with Crippen molar-refractivity contribution in [2.45, 2.75) is 76.8 Å². The number of ether oxygens (including phenoxy) is 3. The van der Waals surface area contributed by atoms with E-state index in [1.807, 2.05) is 29.9 Å². The fourth-order valence-electron chi connectivity index (χ4n) is 5.85. The van der Waals surface area contributed by atoms with Crippen molar-refractivity contribution < 1.29 is 19.3 Å². The Morgan fingerprint density at radius 2 is 1.83 bits per heavy atom. The Balaban J connectivity index is 1.13. The van der Waals surface area contributed by atoms with Crippen LogP contribution in [-0.4, -0.2) is 101 Å². The third-order valence-electron chi connectivity index (χ3n) is 8.19. The Labute approximate surface area is 273 Å². The molecule has 4 aromatic rings. The number of benzene rings is 1. The maximum absolute atomic E-state index is 10.3. The maximum Gasteiger partial charge on any atom is 0.257 e. The molecule has 246 valence electrons. The quantitative estimate of drug-likeness (QED) is 0.226. The number of nitrogens with zero attached hydrogens (tertiary/aromatic N) is 9. The number of halogens is 1. The minimum absolute atomic E-state index is 0.0948. The van der Waals surface area contributed by atoms with Crippen LogP contribution < -0.4 is 14.8 Å². The molecule has 2 N–H and O–H groups in total. The van der Waals surface area contributed by atoms with Crippen LogP contribution in [0, 0.1) is 0 Å². The van der Waals surface area contributed by atoms with Crippen molar-refractivity contribution in [3.63, 3.8) is 0 Å². The molecule has 0 unspecified atom stereocenters. The molecule has 3 aromatic heterocycles. The van der Waals surface area contributed by atoms with Gasteiger partial charge in [-0.25, -0.2) is 14.6 Å². The van der Waals surface area contributed by atoms with E-state index in [4.69, 9.17) is 30.9 Å². The second-order valence-electron chi connectivity index (χ2n) is 12.6. The van der Waals surface area contributed by atoms with Crippen molar-refractivity contribution in [2.24, 2.45) is 0 Å². The summed E-state index contributed by atoms with van der Waals surface area (Å²) in [6.45, 7) is 9.55. The fraction of sp³-hybridized carbons (Fsp3) is 0.548. The van der Waals surface area contributed by atoms with Gasteiger partial charge in [-0.2, -0.15) is 0 Å². The summed E-state index contributed by atoms with van der Waals surface area (Å²) in [5, 5.41) is 30.1. The van der Waals surface area contributed by atoms with Crippen LogP contribution in [0.4, 0.5) is 11.6 Å². The molecule has 15 heteroatoms. The summed E-state index contributed by atoms with van der Waals surface area (Å²) in [5.74, 6) is 1.34. The van der Waals surface area contributed by atoms with Crippen LogP contribution in [0.2, 0.25) is 5.02 Å². The third kappa shape index (κ3) is 8.29. The van der Waals surface area contributed by atoms with Gasteiger partial charge < -0.3 is 24.6 Å². The van der Waals surface area contributed by atoms with Crippen molar-refractivity contribution in [2.75, 3.05) is 38.2 Å². The smallest absolute Gasteiger partial charge is 0.257 e. The van der Waals surface area contributed by atoms with E-state index in [0.29, 0.717) is 40.9 Å². The summed E-state index contributed by atoms with van der Waals surface area (Å²) in [6.07, 6.45) is 11.0. The number of aromatic nitrogens is 8. The first-order valence-electron chi connectivity index (χ1n) is 15.7. The summed E-state index contributed by atoms with van der Waals surface area (Å²) < 4.78 is 21.2. The monoisotopic (exact) mass is 652 g/mol. The highest BCUT2D eigenvalue weighted by molar-refractivity contribution is 6.32. The normalized spacial score (nSPS) is 19.9. The third-order valence-corrected chi connectivity index (χ3v) is 8.50. The van der Waals surface area contributed by atoms with Gasteiger partial charge in [0.15, 0.2) is 0 Å². The van der Waals surface area contributed by atoms with Crippen molar-refractivity contribution >= 4 is 23.2 Å². The molecule has 0 spiro atoms. The first kappa shape index (κ1) is 32.1. The Hall–Kier alpha value is -3.85. The van der Waals surface area contributed by atoms with Gasteiger partial charge in [-0.1, -0.05) is 17.7 Å². The molecular formula is C31H41ClN10O4. The molecule has 0 radical (unpaired) electrons. The fourth-order valence-corrected chi connectivity index (χ4v) is 6.01. The minimum atomic E-state index is -1.01. The molecule has 1 saturated heterocycles. The zero-order chi connectivity index (χ0) is 32.1. The topological polar surface area (TPSA) is 150 Å². The highest BCUT2D eigenvalue weighted by Gasteiger charge is 2.29. The molecule has 46 heavy (non-hydrogen) atoms. The number of rotatable bonds is 12. The van der Waals surface area contributed by atoms with Gasteiger partial charge in [-0.15, -0.1) is 10.2 Å². The summed E-state index contributed by atoms with van der Waals surface area (Å²) in [6, 6.07) is 6.41. The van der Waals surface area contributed by atoms with E-state index in [9.17, 15) is 5.11 Å². The predicted octanol–water partition coefficient (Wildman–Crippen LogP) is 4.16. The standard InChI is InChI=1S/C31H41ClN10O4/c1-21(17-41-20-35-38-39-41)46-28-14-22(4-9-26(28)32)23-15-33-30(34-16-23)36-27-18-42(37-29(27)45-19-31(2,3)43)25-7-5-24(6-8-25)40-10-12-44-13-11-40/h4,9,14-16,18,20-21,24-25,43H,5-8,10-13,17,19H2,1-3H3,(H,33,34,36)/t21-,24-,25-/m0/s1. The number of hydrogen-bond donors (Lipinski definition) is 2. The zero-order valence-corrected chi connectivity index (χ0v) is 27.2. The van der Waals surface area contributed by atoms with Gasteiger partial charge in [0.2, 0.25) is 5.95 Å². The first-order chi connectivity index (χ1) is 22.2. The minimum Gasteiger partial charge on any atom is -0.487 e. The van der Waals surface area contributed by atoms with Crippen molar-refractivity contribution in [3.8, 4) is 22.8 Å². The number of hydrogen-bond acceptors (Lipinski definition) is 12. The average Bonchev–Trinajstić information content (AvgIpc) is 3.72. The van der Waals surface area contributed by atoms with Crippen molar-refractivity contribution in [1.29, 1.82) is 0 Å². The lowest BCUT2D eigenvalue weighted by atomic mass is 9.90. The molecule has 1 aliphatic heterocycles. The van der Waals surface area contributed by atoms with Crippen LogP contribution in [0.1, 0.15) is 52.5 Å². The number of aliphatic hydroxyl groups is 1. The van der Waals surface area contributed by atoms with E-state index >= 15 is 0 Å². The van der Waals surface area contributed by atoms with Crippen LogP contribution in [0.15, 0.2) is 43.1 Å². The van der Waals surface area contributed by atoms with E-state index in [2.05, 4.69) is 35.7 Å². The Morgan fingerprint density at radius 3 is 2.52 bits per heavy atom. The van der Waals surface area contributed by atoms with Gasteiger partial charge in [-0.05, 0) is 74.6 Å². The van der Waals surface area contributed by atoms with E-state index in [1.54, 1.807) is 37.0 Å². The molecule has 1 aliphatic carbocycles. The highest BCUT2D eigenvalue weighted by atomic mass is 35.5. The summed E-state index contributed by atoms with van der Waals surface area (Å²) in [5.41, 5.74) is 1.29. The molecular weight excluding hydrogens is 612 g/mol. The van der Waals surface area contributed by atoms with E-state index in [1.165, 1.54) is 6.33 Å². The lowest BCUT2D eigenvalue weighted by molar-refractivity contribution is 0.00492. The van der Waals surface area contributed by atoms with E-state index in [-0.39, 0.29) is 18.8 Å².